The molecule has 1 unspecified atom stereocenters. The maximum atomic E-state index is 5.48. The molecule has 6 nitrogen and oxygen atoms in total. The molecule has 0 aromatic carbocycles. The lowest BCUT2D eigenvalue weighted by Gasteiger charge is -2.26. The van der Waals surface area contributed by atoms with E-state index < -0.39 is 0 Å². The van der Waals surface area contributed by atoms with Crippen molar-refractivity contribution in [1.29, 1.82) is 0 Å². The number of ether oxygens (including phenoxy) is 1. The number of aromatic amines is 1. The number of aromatic nitrogens is 3. The SMILES string of the molecule is C1COCC(c2nc(N3CCNCC3)n[nH]2)C1. The smallest absolute Gasteiger partial charge is 0.244 e. The molecular weight excluding hydrogens is 218 g/mol. The highest BCUT2D eigenvalue weighted by Gasteiger charge is 2.21. The van der Waals surface area contributed by atoms with Gasteiger partial charge >= 0.3 is 0 Å². The molecule has 17 heavy (non-hydrogen) atoms. The van der Waals surface area contributed by atoms with E-state index in [4.69, 9.17) is 4.74 Å². The summed E-state index contributed by atoms with van der Waals surface area (Å²) in [5.41, 5.74) is 0. The molecule has 1 aromatic rings. The zero-order chi connectivity index (χ0) is 11.5. The number of nitrogens with one attached hydrogen (secondary N) is 2. The van der Waals surface area contributed by atoms with Gasteiger partial charge in [0, 0.05) is 38.7 Å². The van der Waals surface area contributed by atoms with Crippen molar-refractivity contribution in [3.05, 3.63) is 5.82 Å². The van der Waals surface area contributed by atoms with E-state index in [1.165, 1.54) is 0 Å². The molecule has 0 amide bonds. The summed E-state index contributed by atoms with van der Waals surface area (Å²) in [6.07, 6.45) is 2.27. The molecule has 2 aliphatic rings. The fourth-order valence-corrected chi connectivity index (χ4v) is 2.41. The second-order valence-electron chi connectivity index (χ2n) is 4.67. The lowest BCUT2D eigenvalue weighted by atomic mass is 10.0. The van der Waals surface area contributed by atoms with Crippen LogP contribution in [0.3, 0.4) is 0 Å². The van der Waals surface area contributed by atoms with Gasteiger partial charge in [0.25, 0.3) is 0 Å². The summed E-state index contributed by atoms with van der Waals surface area (Å²) in [7, 11) is 0. The molecule has 3 heterocycles. The van der Waals surface area contributed by atoms with Crippen molar-refractivity contribution >= 4 is 5.95 Å². The number of anilines is 1. The number of H-pyrrole nitrogens is 1. The summed E-state index contributed by atoms with van der Waals surface area (Å²) in [6, 6.07) is 0. The summed E-state index contributed by atoms with van der Waals surface area (Å²) in [4.78, 5) is 6.83. The maximum Gasteiger partial charge on any atom is 0.244 e. The van der Waals surface area contributed by atoms with Crippen molar-refractivity contribution in [2.24, 2.45) is 0 Å². The van der Waals surface area contributed by atoms with Gasteiger partial charge in [0.2, 0.25) is 5.95 Å². The zero-order valence-electron chi connectivity index (χ0n) is 9.98. The summed E-state index contributed by atoms with van der Waals surface area (Å²) >= 11 is 0. The van der Waals surface area contributed by atoms with Crippen LogP contribution in [-0.2, 0) is 4.74 Å². The van der Waals surface area contributed by atoms with Gasteiger partial charge in [0.1, 0.15) is 5.82 Å². The molecule has 2 N–H and O–H groups in total. The Kier molecular flexibility index (Phi) is 3.24. The third-order valence-corrected chi connectivity index (χ3v) is 3.44. The number of hydrogen-bond acceptors (Lipinski definition) is 5. The first-order chi connectivity index (χ1) is 8.43. The molecule has 6 heteroatoms. The average Bonchev–Trinajstić information content (AvgIpc) is 2.90. The summed E-state index contributed by atoms with van der Waals surface area (Å²) in [5.74, 6) is 2.22. The minimum Gasteiger partial charge on any atom is -0.381 e. The molecule has 2 saturated heterocycles. The standard InChI is InChI=1S/C11H19N5O/c1-2-9(8-17-7-1)10-13-11(15-14-10)16-5-3-12-4-6-16/h9,12H,1-8H2,(H,13,14,15). The second-order valence-corrected chi connectivity index (χ2v) is 4.67. The minimum absolute atomic E-state index is 0.396. The van der Waals surface area contributed by atoms with E-state index >= 15 is 0 Å². The van der Waals surface area contributed by atoms with Gasteiger partial charge in [-0.2, -0.15) is 4.98 Å². The first-order valence-electron chi connectivity index (χ1n) is 6.39. The molecule has 0 saturated carbocycles. The third kappa shape index (κ3) is 2.42. The highest BCUT2D eigenvalue weighted by atomic mass is 16.5. The van der Waals surface area contributed by atoms with E-state index in [0.717, 1.165) is 64.0 Å². The van der Waals surface area contributed by atoms with E-state index in [2.05, 4.69) is 25.4 Å². The first kappa shape index (κ1) is 11.0. The average molecular weight is 237 g/mol. The fraction of sp³-hybridized carbons (Fsp3) is 0.818. The number of rotatable bonds is 2. The maximum absolute atomic E-state index is 5.48. The van der Waals surface area contributed by atoms with Gasteiger partial charge in [-0.05, 0) is 12.8 Å². The Labute approximate surface area is 101 Å². The zero-order valence-corrected chi connectivity index (χ0v) is 9.98. The minimum atomic E-state index is 0.396. The van der Waals surface area contributed by atoms with Crippen LogP contribution < -0.4 is 10.2 Å². The van der Waals surface area contributed by atoms with Crippen LogP contribution in [0.2, 0.25) is 0 Å². The van der Waals surface area contributed by atoms with Gasteiger partial charge < -0.3 is 15.0 Å². The van der Waals surface area contributed by atoms with Gasteiger partial charge in [-0.15, -0.1) is 5.10 Å². The molecule has 2 aliphatic heterocycles. The van der Waals surface area contributed by atoms with Crippen molar-refractivity contribution in [3.63, 3.8) is 0 Å². The molecule has 0 bridgehead atoms. The lowest BCUT2D eigenvalue weighted by molar-refractivity contribution is 0.0781. The predicted molar refractivity (Wildman–Crippen MR) is 64.3 cm³/mol. The summed E-state index contributed by atoms with van der Waals surface area (Å²) in [5, 5.41) is 10.7. The normalized spacial score (nSPS) is 26.1. The third-order valence-electron chi connectivity index (χ3n) is 3.44. The van der Waals surface area contributed by atoms with Crippen LogP contribution in [0.1, 0.15) is 24.6 Å². The van der Waals surface area contributed by atoms with Gasteiger partial charge in [-0.1, -0.05) is 0 Å². The first-order valence-corrected chi connectivity index (χ1v) is 6.39. The molecule has 1 atom stereocenters. The molecule has 94 valence electrons. The molecule has 3 rings (SSSR count). The van der Waals surface area contributed by atoms with Gasteiger partial charge in [-0.25, -0.2) is 0 Å². The van der Waals surface area contributed by atoms with Crippen LogP contribution in [0.25, 0.3) is 0 Å². The van der Waals surface area contributed by atoms with Crippen molar-refractivity contribution in [2.75, 3.05) is 44.3 Å². The van der Waals surface area contributed by atoms with E-state index in [9.17, 15) is 0 Å². The van der Waals surface area contributed by atoms with E-state index in [-0.39, 0.29) is 0 Å². The molecule has 0 aliphatic carbocycles. The van der Waals surface area contributed by atoms with Crippen molar-refractivity contribution < 1.29 is 4.74 Å². The Bertz CT molecular complexity index is 322. The topological polar surface area (TPSA) is 66.1 Å². The number of piperazine rings is 1. The highest BCUT2D eigenvalue weighted by Crippen LogP contribution is 2.23. The summed E-state index contributed by atoms with van der Waals surface area (Å²) in [6.45, 7) is 5.65. The van der Waals surface area contributed by atoms with Gasteiger partial charge in [0.05, 0.1) is 6.61 Å². The van der Waals surface area contributed by atoms with Crippen molar-refractivity contribution in [3.8, 4) is 0 Å². The molecular formula is C11H19N5O. The molecule has 0 radical (unpaired) electrons. The van der Waals surface area contributed by atoms with Crippen LogP contribution in [-0.4, -0.2) is 54.6 Å². The Morgan fingerprint density at radius 2 is 2.18 bits per heavy atom. The molecule has 1 aromatic heterocycles. The molecule has 2 fully saturated rings. The van der Waals surface area contributed by atoms with Crippen LogP contribution in [0, 0.1) is 0 Å². The predicted octanol–water partition coefficient (Wildman–Crippen LogP) is 0.108. The Hall–Kier alpha value is -1.14. The Morgan fingerprint density at radius 3 is 2.94 bits per heavy atom. The van der Waals surface area contributed by atoms with Crippen molar-refractivity contribution in [1.82, 2.24) is 20.5 Å². The van der Waals surface area contributed by atoms with E-state index in [0.29, 0.717) is 5.92 Å². The Balaban J connectivity index is 1.68. The Morgan fingerprint density at radius 1 is 1.29 bits per heavy atom. The van der Waals surface area contributed by atoms with Gasteiger partial charge in [0.15, 0.2) is 0 Å². The van der Waals surface area contributed by atoms with Crippen LogP contribution in [0.5, 0.6) is 0 Å². The van der Waals surface area contributed by atoms with Crippen LogP contribution in [0.15, 0.2) is 0 Å². The van der Waals surface area contributed by atoms with Crippen molar-refractivity contribution in [2.45, 2.75) is 18.8 Å². The van der Waals surface area contributed by atoms with E-state index in [1.807, 2.05) is 0 Å². The number of nitrogens with zero attached hydrogens (tertiary/aromatic N) is 3. The van der Waals surface area contributed by atoms with E-state index in [1.54, 1.807) is 0 Å². The summed E-state index contributed by atoms with van der Waals surface area (Å²) < 4.78 is 5.48. The van der Waals surface area contributed by atoms with Crippen LogP contribution >= 0.6 is 0 Å². The quantitative estimate of drug-likeness (QED) is 0.764. The largest absolute Gasteiger partial charge is 0.381 e. The molecule has 0 spiro atoms. The van der Waals surface area contributed by atoms with Crippen LogP contribution in [0.4, 0.5) is 5.95 Å². The lowest BCUT2D eigenvalue weighted by Crippen LogP contribution is -2.44. The fourth-order valence-electron chi connectivity index (χ4n) is 2.41. The van der Waals surface area contributed by atoms with Gasteiger partial charge in [-0.3, -0.25) is 5.10 Å². The highest BCUT2D eigenvalue weighted by molar-refractivity contribution is 5.30. The monoisotopic (exact) mass is 237 g/mol. The number of hydrogen-bond donors (Lipinski definition) is 2. The second kappa shape index (κ2) is 5.01.